The first-order valence-corrected chi connectivity index (χ1v) is 7.64. The predicted octanol–water partition coefficient (Wildman–Crippen LogP) is 3.71. The molecule has 0 aliphatic rings. The van der Waals surface area contributed by atoms with E-state index in [1.54, 1.807) is 11.3 Å². The van der Waals surface area contributed by atoms with Crippen molar-refractivity contribution in [2.75, 3.05) is 6.54 Å². The van der Waals surface area contributed by atoms with E-state index in [9.17, 15) is 0 Å². The molecule has 2 heterocycles. The maximum absolute atomic E-state index is 4.55. The first-order valence-electron chi connectivity index (χ1n) is 5.88. The van der Waals surface area contributed by atoms with E-state index in [1.807, 2.05) is 11.3 Å². The summed E-state index contributed by atoms with van der Waals surface area (Å²) in [4.78, 5) is 5.92. The molecule has 0 radical (unpaired) electrons. The maximum Gasteiger partial charge on any atom is 0.0947 e. The number of likely N-dealkylation sites (N-methyl/N-ethyl adjacent to an activating group) is 1. The van der Waals surface area contributed by atoms with Crippen LogP contribution < -0.4 is 5.32 Å². The summed E-state index contributed by atoms with van der Waals surface area (Å²) in [5.74, 6) is 0. The Labute approximate surface area is 111 Å². The van der Waals surface area contributed by atoms with E-state index in [0.717, 1.165) is 18.7 Å². The molecule has 92 valence electrons. The fraction of sp³-hybridized carbons (Fsp3) is 0.462. The molecule has 1 unspecified atom stereocenters. The minimum atomic E-state index is 0.399. The first-order chi connectivity index (χ1) is 8.19. The molecule has 2 nitrogen and oxygen atoms in total. The average molecular weight is 266 g/mol. The van der Waals surface area contributed by atoms with Crippen LogP contribution in [0.1, 0.15) is 34.1 Å². The highest BCUT2D eigenvalue weighted by Gasteiger charge is 2.14. The van der Waals surface area contributed by atoms with Gasteiger partial charge in [-0.1, -0.05) is 6.92 Å². The van der Waals surface area contributed by atoms with Gasteiger partial charge in [-0.2, -0.15) is 0 Å². The van der Waals surface area contributed by atoms with Gasteiger partial charge in [0.15, 0.2) is 0 Å². The summed E-state index contributed by atoms with van der Waals surface area (Å²) in [7, 11) is 0. The van der Waals surface area contributed by atoms with Gasteiger partial charge in [0.25, 0.3) is 0 Å². The molecule has 2 aromatic rings. The van der Waals surface area contributed by atoms with Gasteiger partial charge >= 0.3 is 0 Å². The van der Waals surface area contributed by atoms with E-state index in [-0.39, 0.29) is 0 Å². The first kappa shape index (κ1) is 12.7. The molecule has 4 heteroatoms. The number of hydrogen-bond acceptors (Lipinski definition) is 4. The Morgan fingerprint density at radius 1 is 1.29 bits per heavy atom. The van der Waals surface area contributed by atoms with Crippen LogP contribution in [-0.4, -0.2) is 11.5 Å². The third-order valence-electron chi connectivity index (χ3n) is 2.65. The topological polar surface area (TPSA) is 24.9 Å². The smallest absolute Gasteiger partial charge is 0.0947 e. The third kappa shape index (κ3) is 3.37. The number of aromatic nitrogens is 1. The summed E-state index contributed by atoms with van der Waals surface area (Å²) >= 11 is 3.57. The van der Waals surface area contributed by atoms with Crippen LogP contribution in [0.5, 0.6) is 0 Å². The second-order valence-corrected chi connectivity index (χ2v) is 6.25. The quantitative estimate of drug-likeness (QED) is 0.892. The number of rotatable bonds is 5. The average Bonchev–Trinajstić information content (AvgIpc) is 2.87. The number of hydrogen-bond donors (Lipinski definition) is 1. The molecule has 0 amide bonds. The molecule has 1 N–H and O–H groups in total. The SMILES string of the molecule is CCNC(Cc1nc(C)cs1)c1csc(C)c1. The molecular formula is C13H18N2S2. The maximum atomic E-state index is 4.55. The second kappa shape index (κ2) is 5.76. The molecule has 0 saturated heterocycles. The molecule has 0 fully saturated rings. The minimum Gasteiger partial charge on any atom is -0.310 e. The van der Waals surface area contributed by atoms with E-state index in [4.69, 9.17) is 0 Å². The van der Waals surface area contributed by atoms with E-state index in [0.29, 0.717) is 6.04 Å². The Balaban J connectivity index is 2.12. The van der Waals surface area contributed by atoms with E-state index in [1.165, 1.54) is 15.4 Å². The molecule has 0 aliphatic heterocycles. The number of nitrogens with one attached hydrogen (secondary N) is 1. The Bertz CT molecular complexity index is 473. The Morgan fingerprint density at radius 2 is 2.12 bits per heavy atom. The fourth-order valence-corrected chi connectivity index (χ4v) is 3.45. The van der Waals surface area contributed by atoms with Gasteiger partial charge in [-0.15, -0.1) is 22.7 Å². The number of thiophene rings is 1. The molecule has 0 saturated carbocycles. The Hall–Kier alpha value is -0.710. The van der Waals surface area contributed by atoms with Gasteiger partial charge in [0.05, 0.1) is 5.01 Å². The molecule has 0 spiro atoms. The van der Waals surface area contributed by atoms with Crippen LogP contribution in [0.25, 0.3) is 0 Å². The van der Waals surface area contributed by atoms with Gasteiger partial charge in [0, 0.05) is 28.4 Å². The molecule has 0 aliphatic carbocycles. The highest BCUT2D eigenvalue weighted by molar-refractivity contribution is 7.10. The van der Waals surface area contributed by atoms with Crippen LogP contribution in [0.4, 0.5) is 0 Å². The lowest BCUT2D eigenvalue weighted by atomic mass is 10.1. The fourth-order valence-electron chi connectivity index (χ4n) is 1.87. The van der Waals surface area contributed by atoms with Crippen molar-refractivity contribution >= 4 is 22.7 Å². The van der Waals surface area contributed by atoms with Gasteiger partial charge in [0.2, 0.25) is 0 Å². The van der Waals surface area contributed by atoms with Crippen molar-refractivity contribution in [1.82, 2.24) is 10.3 Å². The van der Waals surface area contributed by atoms with Crippen molar-refractivity contribution in [3.05, 3.63) is 38.0 Å². The van der Waals surface area contributed by atoms with Crippen molar-refractivity contribution in [3.8, 4) is 0 Å². The lowest BCUT2D eigenvalue weighted by molar-refractivity contribution is 0.549. The molecule has 17 heavy (non-hydrogen) atoms. The zero-order valence-electron chi connectivity index (χ0n) is 10.5. The molecule has 0 bridgehead atoms. The summed E-state index contributed by atoms with van der Waals surface area (Å²) < 4.78 is 0. The summed E-state index contributed by atoms with van der Waals surface area (Å²) in [6, 6.07) is 2.67. The largest absolute Gasteiger partial charge is 0.310 e. The van der Waals surface area contributed by atoms with Crippen LogP contribution in [0.15, 0.2) is 16.8 Å². The van der Waals surface area contributed by atoms with E-state index >= 15 is 0 Å². The Kier molecular flexibility index (Phi) is 4.31. The van der Waals surface area contributed by atoms with Gasteiger partial charge < -0.3 is 5.32 Å². The van der Waals surface area contributed by atoms with E-state index in [2.05, 4.69) is 47.9 Å². The van der Waals surface area contributed by atoms with Crippen molar-refractivity contribution in [1.29, 1.82) is 0 Å². The summed E-state index contributed by atoms with van der Waals surface area (Å²) in [5.41, 5.74) is 2.52. The van der Waals surface area contributed by atoms with Crippen LogP contribution in [0, 0.1) is 13.8 Å². The highest BCUT2D eigenvalue weighted by Crippen LogP contribution is 2.24. The highest BCUT2D eigenvalue weighted by atomic mass is 32.1. The lowest BCUT2D eigenvalue weighted by Gasteiger charge is -2.15. The molecule has 1 atom stereocenters. The molecule has 0 aromatic carbocycles. The van der Waals surface area contributed by atoms with Gasteiger partial charge in [-0.3, -0.25) is 0 Å². The Morgan fingerprint density at radius 3 is 2.65 bits per heavy atom. The van der Waals surface area contributed by atoms with Crippen molar-refractivity contribution in [2.45, 2.75) is 33.2 Å². The third-order valence-corrected chi connectivity index (χ3v) is 4.52. The normalized spacial score (nSPS) is 12.9. The zero-order valence-corrected chi connectivity index (χ0v) is 12.1. The van der Waals surface area contributed by atoms with Gasteiger partial charge in [-0.25, -0.2) is 4.98 Å². The second-order valence-electron chi connectivity index (χ2n) is 4.19. The van der Waals surface area contributed by atoms with Crippen molar-refractivity contribution < 1.29 is 0 Å². The number of thiazole rings is 1. The van der Waals surface area contributed by atoms with Gasteiger partial charge in [0.1, 0.15) is 0 Å². The molecule has 2 rings (SSSR count). The van der Waals surface area contributed by atoms with Crippen LogP contribution >= 0.6 is 22.7 Å². The lowest BCUT2D eigenvalue weighted by Crippen LogP contribution is -2.22. The van der Waals surface area contributed by atoms with Crippen molar-refractivity contribution in [2.24, 2.45) is 0 Å². The van der Waals surface area contributed by atoms with Crippen molar-refractivity contribution in [3.63, 3.8) is 0 Å². The predicted molar refractivity (Wildman–Crippen MR) is 76.0 cm³/mol. The summed E-state index contributed by atoms with van der Waals surface area (Å²) in [5, 5.41) is 9.14. The molecule has 2 aromatic heterocycles. The van der Waals surface area contributed by atoms with Crippen LogP contribution in [0.2, 0.25) is 0 Å². The summed E-state index contributed by atoms with van der Waals surface area (Å²) in [6.45, 7) is 7.35. The van der Waals surface area contributed by atoms with Crippen LogP contribution in [0.3, 0.4) is 0 Å². The standard InChI is InChI=1S/C13H18N2S2/c1-4-14-12(11-5-10(3)16-8-11)6-13-15-9(2)7-17-13/h5,7-8,12,14H,4,6H2,1-3H3. The number of aryl methyl sites for hydroxylation is 2. The monoisotopic (exact) mass is 266 g/mol. The minimum absolute atomic E-state index is 0.399. The summed E-state index contributed by atoms with van der Waals surface area (Å²) in [6.07, 6.45) is 0.989. The van der Waals surface area contributed by atoms with Crippen LogP contribution in [-0.2, 0) is 6.42 Å². The van der Waals surface area contributed by atoms with Gasteiger partial charge in [-0.05, 0) is 37.4 Å². The zero-order chi connectivity index (χ0) is 12.3. The molecular weight excluding hydrogens is 248 g/mol. The number of nitrogens with zero attached hydrogens (tertiary/aromatic N) is 1. The van der Waals surface area contributed by atoms with E-state index < -0.39 is 0 Å².